The van der Waals surface area contributed by atoms with Crippen LogP contribution < -0.4 is 4.74 Å². The Balaban J connectivity index is 2.10. The van der Waals surface area contributed by atoms with Gasteiger partial charge in [-0.1, -0.05) is 18.2 Å². The van der Waals surface area contributed by atoms with Gasteiger partial charge in [-0.2, -0.15) is 0 Å². The van der Waals surface area contributed by atoms with Crippen molar-refractivity contribution in [1.29, 1.82) is 0 Å². The molecule has 0 fully saturated rings. The summed E-state index contributed by atoms with van der Waals surface area (Å²) >= 11 is 0. The lowest BCUT2D eigenvalue weighted by Gasteiger charge is -2.30. The number of nitrogens with zero attached hydrogens (tertiary/aromatic N) is 1. The fourth-order valence-electron chi connectivity index (χ4n) is 3.71. The molecular formula is C26H28FNO6. The van der Waals surface area contributed by atoms with Gasteiger partial charge in [-0.05, 0) is 56.2 Å². The Bertz CT molecular complexity index is 1060. The Morgan fingerprint density at radius 3 is 2.03 bits per heavy atom. The summed E-state index contributed by atoms with van der Waals surface area (Å²) in [5.74, 6) is -2.15. The Morgan fingerprint density at radius 2 is 1.50 bits per heavy atom. The first-order valence-electron chi connectivity index (χ1n) is 11.1. The highest BCUT2D eigenvalue weighted by Gasteiger charge is 2.36. The summed E-state index contributed by atoms with van der Waals surface area (Å²) in [5, 5.41) is 10.1. The van der Waals surface area contributed by atoms with Gasteiger partial charge in [-0.3, -0.25) is 0 Å². The number of carbonyl (C=O) groups is 2. The lowest BCUT2D eigenvalue weighted by Crippen LogP contribution is -2.29. The molecule has 0 aliphatic carbocycles. The van der Waals surface area contributed by atoms with E-state index in [4.69, 9.17) is 14.2 Å². The van der Waals surface area contributed by atoms with Crippen LogP contribution in [0.4, 0.5) is 4.39 Å². The average molecular weight is 470 g/mol. The topological polar surface area (TPSA) is 85.3 Å². The van der Waals surface area contributed by atoms with E-state index in [9.17, 15) is 19.1 Å². The first-order valence-corrected chi connectivity index (χ1v) is 11.1. The van der Waals surface area contributed by atoms with Crippen molar-refractivity contribution in [2.24, 2.45) is 0 Å². The molecular weight excluding hydrogens is 441 g/mol. The van der Waals surface area contributed by atoms with Crippen molar-refractivity contribution in [2.45, 2.75) is 33.2 Å². The number of ether oxygens (including phenoxy) is 3. The van der Waals surface area contributed by atoms with Gasteiger partial charge in [0, 0.05) is 18.9 Å². The summed E-state index contributed by atoms with van der Waals surface area (Å²) in [7, 11) is 0. The van der Waals surface area contributed by atoms with Gasteiger partial charge in [0.15, 0.2) is 11.5 Å². The highest BCUT2D eigenvalue weighted by Crippen LogP contribution is 2.40. The van der Waals surface area contributed by atoms with Gasteiger partial charge < -0.3 is 24.2 Å². The zero-order valence-corrected chi connectivity index (χ0v) is 19.4. The van der Waals surface area contributed by atoms with E-state index in [1.54, 1.807) is 62.3 Å². The summed E-state index contributed by atoms with van der Waals surface area (Å²) in [6, 6.07) is 10.6. The van der Waals surface area contributed by atoms with Crippen LogP contribution in [0.3, 0.4) is 0 Å². The summed E-state index contributed by atoms with van der Waals surface area (Å²) in [4.78, 5) is 27.7. The van der Waals surface area contributed by atoms with Crippen LogP contribution in [0.25, 0.3) is 0 Å². The number of phenolic OH excluding ortho intramolecular Hbond substituents is 1. The van der Waals surface area contributed by atoms with Crippen LogP contribution in [0.5, 0.6) is 11.5 Å². The lowest BCUT2D eigenvalue weighted by atomic mass is 9.83. The van der Waals surface area contributed by atoms with Gasteiger partial charge in [0.25, 0.3) is 0 Å². The molecule has 7 nitrogen and oxygen atoms in total. The van der Waals surface area contributed by atoms with E-state index in [1.165, 1.54) is 18.2 Å². The molecule has 1 aliphatic heterocycles. The van der Waals surface area contributed by atoms with Crippen LogP contribution in [-0.2, 0) is 25.6 Å². The lowest BCUT2D eigenvalue weighted by molar-refractivity contribution is -0.139. The highest BCUT2D eigenvalue weighted by molar-refractivity contribution is 5.98. The van der Waals surface area contributed by atoms with Crippen molar-refractivity contribution < 1.29 is 33.3 Å². The molecule has 0 bridgehead atoms. The van der Waals surface area contributed by atoms with Crippen molar-refractivity contribution in [3.05, 3.63) is 83.0 Å². The third-order valence-electron chi connectivity index (χ3n) is 5.15. The van der Waals surface area contributed by atoms with Crippen LogP contribution in [-0.4, -0.2) is 41.8 Å². The normalized spacial score (nSPS) is 13.7. The Labute approximate surface area is 198 Å². The largest absolute Gasteiger partial charge is 0.504 e. The molecule has 0 radical (unpaired) electrons. The molecule has 1 heterocycles. The number of phenols is 1. The van der Waals surface area contributed by atoms with Gasteiger partial charge in [0.2, 0.25) is 0 Å². The third kappa shape index (κ3) is 5.75. The maximum atomic E-state index is 13.3. The molecule has 0 amide bonds. The second-order valence-electron chi connectivity index (χ2n) is 7.50. The zero-order valence-electron chi connectivity index (χ0n) is 19.4. The minimum Gasteiger partial charge on any atom is -0.504 e. The average Bonchev–Trinajstić information content (AvgIpc) is 2.82. The number of hydrogen-bond donors (Lipinski definition) is 1. The van der Waals surface area contributed by atoms with Crippen molar-refractivity contribution >= 4 is 11.9 Å². The monoisotopic (exact) mass is 469 g/mol. The highest BCUT2D eigenvalue weighted by atomic mass is 19.1. The van der Waals surface area contributed by atoms with E-state index in [-0.39, 0.29) is 41.7 Å². The predicted octanol–water partition coefficient (Wildman–Crippen LogP) is 4.42. The van der Waals surface area contributed by atoms with Crippen molar-refractivity contribution in [2.75, 3.05) is 19.8 Å². The summed E-state index contributed by atoms with van der Waals surface area (Å²) < 4.78 is 29.4. The van der Waals surface area contributed by atoms with E-state index >= 15 is 0 Å². The van der Waals surface area contributed by atoms with E-state index in [0.29, 0.717) is 18.7 Å². The number of rotatable bonds is 9. The maximum Gasteiger partial charge on any atom is 0.336 e. The minimum absolute atomic E-state index is 0.0531. The fraction of sp³-hybridized carbons (Fsp3) is 0.308. The molecule has 0 saturated carbocycles. The second-order valence-corrected chi connectivity index (χ2v) is 7.50. The molecule has 0 spiro atoms. The van der Waals surface area contributed by atoms with E-state index in [2.05, 4.69) is 0 Å². The van der Waals surface area contributed by atoms with Crippen molar-refractivity contribution in [3.8, 4) is 11.5 Å². The van der Waals surface area contributed by atoms with Crippen LogP contribution in [0.15, 0.2) is 66.0 Å². The Hall–Kier alpha value is -3.81. The quantitative estimate of drug-likeness (QED) is 0.544. The number of hydrogen-bond acceptors (Lipinski definition) is 7. The second kappa shape index (κ2) is 11.4. The van der Waals surface area contributed by atoms with Gasteiger partial charge >= 0.3 is 11.9 Å². The molecule has 2 aromatic rings. The van der Waals surface area contributed by atoms with Gasteiger partial charge in [0.1, 0.15) is 5.82 Å². The molecule has 0 unspecified atom stereocenters. The first kappa shape index (κ1) is 24.8. The summed E-state index contributed by atoms with van der Waals surface area (Å²) in [5.41, 5.74) is 1.79. The van der Waals surface area contributed by atoms with Crippen LogP contribution >= 0.6 is 0 Å². The number of carbonyl (C=O) groups excluding carboxylic acids is 2. The SMILES string of the molecule is CCOC(=O)C1=CN(Cc2ccc(F)cc2)C=C(C(=O)OCC)C1c1ccc(O)c(OCC)c1. The fourth-order valence-corrected chi connectivity index (χ4v) is 3.71. The summed E-state index contributed by atoms with van der Waals surface area (Å²) in [6.45, 7) is 6.10. The molecule has 180 valence electrons. The Kier molecular flexibility index (Phi) is 8.29. The standard InChI is InChI=1S/C26H28FNO6/c1-4-32-23-13-18(9-12-22(23)29)24-20(25(30)33-5-2)15-28(16-21(24)26(31)34-6-3)14-17-7-10-19(27)11-8-17/h7-13,15-16,24,29H,4-6,14H2,1-3H3. The molecule has 8 heteroatoms. The smallest absolute Gasteiger partial charge is 0.336 e. The number of aromatic hydroxyl groups is 1. The minimum atomic E-state index is -0.803. The van der Waals surface area contributed by atoms with Gasteiger partial charge in [-0.15, -0.1) is 0 Å². The van der Waals surface area contributed by atoms with Gasteiger partial charge in [0.05, 0.1) is 36.9 Å². The molecule has 0 atom stereocenters. The Morgan fingerprint density at radius 1 is 0.912 bits per heavy atom. The van der Waals surface area contributed by atoms with E-state index < -0.39 is 17.9 Å². The van der Waals surface area contributed by atoms with Crippen LogP contribution in [0, 0.1) is 5.82 Å². The molecule has 0 aromatic heterocycles. The van der Waals surface area contributed by atoms with Gasteiger partial charge in [-0.25, -0.2) is 14.0 Å². The van der Waals surface area contributed by atoms with Crippen LogP contribution in [0.2, 0.25) is 0 Å². The predicted molar refractivity (Wildman–Crippen MR) is 123 cm³/mol. The molecule has 1 aliphatic rings. The van der Waals surface area contributed by atoms with Crippen molar-refractivity contribution in [1.82, 2.24) is 4.90 Å². The van der Waals surface area contributed by atoms with E-state index in [0.717, 1.165) is 5.56 Å². The summed E-state index contributed by atoms with van der Waals surface area (Å²) in [6.07, 6.45) is 3.23. The molecule has 3 rings (SSSR count). The molecule has 2 aromatic carbocycles. The molecule has 0 saturated heterocycles. The van der Waals surface area contributed by atoms with Crippen LogP contribution in [0.1, 0.15) is 37.8 Å². The number of benzene rings is 2. The first-order chi connectivity index (χ1) is 16.4. The number of halogens is 1. The third-order valence-corrected chi connectivity index (χ3v) is 5.15. The molecule has 34 heavy (non-hydrogen) atoms. The zero-order chi connectivity index (χ0) is 24.7. The van der Waals surface area contributed by atoms with E-state index in [1.807, 2.05) is 0 Å². The van der Waals surface area contributed by atoms with Crippen molar-refractivity contribution in [3.63, 3.8) is 0 Å². The number of esters is 2. The molecule has 1 N–H and O–H groups in total. The maximum absolute atomic E-state index is 13.3.